The molecule has 12 heteroatoms. The molecule has 2 aromatic carbocycles. The van der Waals surface area contributed by atoms with E-state index in [1.807, 2.05) is 43.3 Å². The summed E-state index contributed by atoms with van der Waals surface area (Å²) in [5, 5.41) is 21.1. The molecule has 0 saturated carbocycles. The van der Waals surface area contributed by atoms with E-state index in [0.29, 0.717) is 31.2 Å². The number of benzene rings is 2. The minimum absolute atomic E-state index is 0.000423. The summed E-state index contributed by atoms with van der Waals surface area (Å²) < 4.78 is 1.47. The maximum Gasteiger partial charge on any atom is 0.296 e. The predicted octanol–water partition coefficient (Wildman–Crippen LogP) is 7.10. The van der Waals surface area contributed by atoms with Gasteiger partial charge in [0.05, 0.1) is 27.2 Å². The van der Waals surface area contributed by atoms with E-state index in [2.05, 4.69) is 31.1 Å². The van der Waals surface area contributed by atoms with Crippen molar-refractivity contribution in [2.24, 2.45) is 0 Å². The smallest absolute Gasteiger partial charge is 0.296 e. The van der Waals surface area contributed by atoms with Crippen LogP contribution in [0.5, 0.6) is 0 Å². The Morgan fingerprint density at radius 3 is 2.54 bits per heavy atom. The number of thiazole rings is 1. The highest BCUT2D eigenvalue weighted by molar-refractivity contribution is 9.10. The monoisotopic (exact) mass is 632 g/mol. The number of Topliss-reactive ketones (excluding diaryl/α,β-unsaturated/α-hetero) is 1. The zero-order valence-electron chi connectivity index (χ0n) is 19.4. The summed E-state index contributed by atoms with van der Waals surface area (Å²) >= 11 is 13.6. The van der Waals surface area contributed by atoms with Gasteiger partial charge in [-0.25, -0.2) is 4.98 Å². The first-order valence-corrected chi connectivity index (χ1v) is 14.7. The summed E-state index contributed by atoms with van der Waals surface area (Å²) in [6.45, 7) is 3.55. The molecule has 188 valence electrons. The van der Waals surface area contributed by atoms with Gasteiger partial charge in [-0.15, -0.1) is 21.5 Å². The molecule has 5 rings (SSSR count). The number of amides is 1. The molecule has 1 aliphatic rings. The number of aliphatic hydroxyl groups excluding tert-OH is 1. The first kappa shape index (κ1) is 26.1. The molecule has 0 radical (unpaired) electrons. The molecular formula is C25H18BrClN4O3S3. The van der Waals surface area contributed by atoms with Crippen LogP contribution in [0.15, 0.2) is 68.7 Å². The van der Waals surface area contributed by atoms with Gasteiger partial charge < -0.3 is 5.11 Å². The van der Waals surface area contributed by atoms with Crippen LogP contribution in [0.2, 0.25) is 5.02 Å². The highest BCUT2D eigenvalue weighted by Gasteiger charge is 2.46. The topological polar surface area (TPSA) is 96.3 Å². The van der Waals surface area contributed by atoms with Crippen molar-refractivity contribution in [1.29, 1.82) is 0 Å². The normalized spacial score (nSPS) is 15.6. The average Bonchev–Trinajstić information content (AvgIpc) is 3.55. The van der Waals surface area contributed by atoms with Crippen molar-refractivity contribution in [3.05, 3.63) is 96.1 Å². The Morgan fingerprint density at radius 1 is 1.14 bits per heavy atom. The number of thioether (sulfide) groups is 1. The summed E-state index contributed by atoms with van der Waals surface area (Å²) in [7, 11) is 0. The predicted molar refractivity (Wildman–Crippen MR) is 151 cm³/mol. The van der Waals surface area contributed by atoms with Gasteiger partial charge >= 0.3 is 0 Å². The minimum Gasteiger partial charge on any atom is -0.503 e. The van der Waals surface area contributed by atoms with Crippen LogP contribution in [0.3, 0.4) is 0 Å². The van der Waals surface area contributed by atoms with Gasteiger partial charge in [-0.1, -0.05) is 81.0 Å². The van der Waals surface area contributed by atoms with Gasteiger partial charge in [0.15, 0.2) is 10.1 Å². The second-order valence-corrected chi connectivity index (χ2v) is 12.8. The standard InChI is InChI=1S/C25H18BrClN4O3S3/c1-12-22(36-13(2)28-12)20(32)18-19(14-7-9-16(26)10-8-14)31(23(34)21(18)33)24-29-30-25(37-24)35-11-15-5-3-4-6-17(15)27/h3-10,19,33H,11H2,1-2H3. The second-order valence-electron chi connectivity index (χ2n) is 8.10. The Balaban J connectivity index is 1.51. The van der Waals surface area contributed by atoms with Crippen molar-refractivity contribution < 1.29 is 14.7 Å². The molecule has 0 bridgehead atoms. The molecule has 1 unspecified atom stereocenters. The molecule has 37 heavy (non-hydrogen) atoms. The molecule has 0 spiro atoms. The SMILES string of the molecule is Cc1nc(C)c(C(=O)C2=C(O)C(=O)N(c3nnc(SCc4ccccc4Cl)s3)C2c2ccc(Br)cc2)s1. The van der Waals surface area contributed by atoms with E-state index in [4.69, 9.17) is 11.6 Å². The van der Waals surface area contributed by atoms with Gasteiger partial charge in [0.1, 0.15) is 0 Å². The van der Waals surface area contributed by atoms with Crippen molar-refractivity contribution in [2.75, 3.05) is 4.90 Å². The van der Waals surface area contributed by atoms with E-state index in [1.165, 1.54) is 39.3 Å². The van der Waals surface area contributed by atoms with Crippen LogP contribution in [0.4, 0.5) is 5.13 Å². The molecule has 0 fully saturated rings. The molecule has 1 atom stereocenters. The molecule has 0 aliphatic carbocycles. The number of halogens is 2. The van der Waals surface area contributed by atoms with Gasteiger partial charge in [0, 0.05) is 15.2 Å². The van der Waals surface area contributed by atoms with Crippen LogP contribution in [0.25, 0.3) is 0 Å². The Bertz CT molecular complexity index is 1550. The number of hydrogen-bond donors (Lipinski definition) is 1. The first-order chi connectivity index (χ1) is 17.7. The summed E-state index contributed by atoms with van der Waals surface area (Å²) in [5.41, 5.74) is 2.17. The van der Waals surface area contributed by atoms with E-state index in [-0.39, 0.29) is 10.7 Å². The Morgan fingerprint density at radius 2 is 1.86 bits per heavy atom. The van der Waals surface area contributed by atoms with Crippen LogP contribution in [0, 0.1) is 13.8 Å². The minimum atomic E-state index is -0.871. The third kappa shape index (κ3) is 5.10. The van der Waals surface area contributed by atoms with E-state index in [0.717, 1.165) is 15.0 Å². The zero-order chi connectivity index (χ0) is 26.3. The molecule has 1 aliphatic heterocycles. The van der Waals surface area contributed by atoms with E-state index < -0.39 is 23.5 Å². The molecular weight excluding hydrogens is 616 g/mol. The van der Waals surface area contributed by atoms with Crippen LogP contribution in [-0.2, 0) is 10.5 Å². The van der Waals surface area contributed by atoms with Crippen LogP contribution >= 0.6 is 62.0 Å². The first-order valence-electron chi connectivity index (χ1n) is 10.9. The fourth-order valence-corrected chi connectivity index (χ4v) is 7.26. The number of ketones is 1. The highest BCUT2D eigenvalue weighted by Crippen LogP contribution is 2.44. The van der Waals surface area contributed by atoms with E-state index in [1.54, 1.807) is 19.1 Å². The van der Waals surface area contributed by atoms with Gasteiger partial charge in [-0.2, -0.15) is 0 Å². The van der Waals surface area contributed by atoms with Crippen molar-refractivity contribution in [2.45, 2.75) is 30.0 Å². The molecule has 2 aromatic heterocycles. The largest absolute Gasteiger partial charge is 0.503 e. The van der Waals surface area contributed by atoms with Crippen molar-refractivity contribution in [3.63, 3.8) is 0 Å². The van der Waals surface area contributed by atoms with Crippen molar-refractivity contribution >= 4 is 78.8 Å². The molecule has 0 saturated heterocycles. The van der Waals surface area contributed by atoms with Crippen LogP contribution in [-0.4, -0.2) is 32.0 Å². The van der Waals surface area contributed by atoms with Crippen LogP contribution in [0.1, 0.15) is 37.5 Å². The number of rotatable bonds is 7. The molecule has 1 amide bonds. The lowest BCUT2D eigenvalue weighted by atomic mass is 9.95. The third-order valence-corrected chi connectivity index (χ3v) is 9.73. The summed E-state index contributed by atoms with van der Waals surface area (Å²) in [6.07, 6.45) is 0. The number of hydrogen-bond acceptors (Lipinski definition) is 9. The average molecular weight is 634 g/mol. The highest BCUT2D eigenvalue weighted by atomic mass is 79.9. The number of aromatic nitrogens is 3. The number of anilines is 1. The number of aryl methyl sites for hydroxylation is 2. The van der Waals surface area contributed by atoms with Gasteiger partial charge in [-0.05, 0) is 43.2 Å². The Kier molecular flexibility index (Phi) is 7.51. The molecule has 4 aromatic rings. The fourth-order valence-electron chi connectivity index (χ4n) is 3.97. The van der Waals surface area contributed by atoms with E-state index in [9.17, 15) is 14.7 Å². The Labute approximate surface area is 238 Å². The number of nitrogens with zero attached hydrogens (tertiary/aromatic N) is 4. The van der Waals surface area contributed by atoms with Crippen molar-refractivity contribution in [1.82, 2.24) is 15.2 Å². The third-order valence-electron chi connectivity index (χ3n) is 5.66. The summed E-state index contributed by atoms with van der Waals surface area (Å²) in [6, 6.07) is 13.9. The lowest BCUT2D eigenvalue weighted by Gasteiger charge is -2.24. The fraction of sp³-hybridized carbons (Fsp3) is 0.160. The zero-order valence-corrected chi connectivity index (χ0v) is 24.2. The van der Waals surface area contributed by atoms with Crippen LogP contribution < -0.4 is 4.90 Å². The Hall–Kier alpha value is -2.57. The molecule has 1 N–H and O–H groups in total. The number of carbonyl (C=O) groups excluding carboxylic acids is 2. The lowest BCUT2D eigenvalue weighted by Crippen LogP contribution is -2.31. The van der Waals surface area contributed by atoms with Crippen molar-refractivity contribution in [3.8, 4) is 0 Å². The maximum atomic E-state index is 13.7. The van der Waals surface area contributed by atoms with Gasteiger partial charge in [0.2, 0.25) is 10.9 Å². The maximum absolute atomic E-state index is 13.7. The lowest BCUT2D eigenvalue weighted by molar-refractivity contribution is -0.117. The summed E-state index contributed by atoms with van der Waals surface area (Å²) in [5.74, 6) is -1.14. The molecule has 7 nitrogen and oxygen atoms in total. The molecule has 3 heterocycles. The quantitative estimate of drug-likeness (QED) is 0.132. The number of aliphatic hydroxyl groups is 1. The summed E-state index contributed by atoms with van der Waals surface area (Å²) in [4.78, 5) is 33.1. The van der Waals surface area contributed by atoms with Gasteiger partial charge in [-0.3, -0.25) is 14.5 Å². The van der Waals surface area contributed by atoms with E-state index >= 15 is 0 Å². The second kappa shape index (κ2) is 10.7. The number of carbonyl (C=O) groups is 2. The van der Waals surface area contributed by atoms with Gasteiger partial charge in [0.25, 0.3) is 5.91 Å².